The van der Waals surface area contributed by atoms with Gasteiger partial charge in [0.25, 0.3) is 0 Å². The van der Waals surface area contributed by atoms with Crippen molar-refractivity contribution in [2.24, 2.45) is 5.73 Å². The van der Waals surface area contributed by atoms with E-state index in [1.807, 2.05) is 13.1 Å². The van der Waals surface area contributed by atoms with Gasteiger partial charge in [0.05, 0.1) is 0 Å². The van der Waals surface area contributed by atoms with E-state index >= 15 is 0 Å². The molecule has 15 heavy (non-hydrogen) atoms. The van der Waals surface area contributed by atoms with Crippen LogP contribution in [-0.4, -0.2) is 17.6 Å². The van der Waals surface area contributed by atoms with Crippen molar-refractivity contribution in [3.8, 4) is 0 Å². The van der Waals surface area contributed by atoms with Crippen molar-refractivity contribution in [1.82, 2.24) is 4.98 Å². The molecular formula is C12H19N3. The molecule has 2 N–H and O–H groups in total. The summed E-state index contributed by atoms with van der Waals surface area (Å²) in [6, 6.07) is 4.86. The Morgan fingerprint density at radius 1 is 1.53 bits per heavy atom. The average Bonchev–Trinajstić information content (AvgIpc) is 2.65. The van der Waals surface area contributed by atoms with Gasteiger partial charge in [-0.05, 0) is 38.3 Å². The van der Waals surface area contributed by atoms with Crippen molar-refractivity contribution < 1.29 is 0 Å². The molecule has 82 valence electrons. The fourth-order valence-corrected chi connectivity index (χ4v) is 2.11. The monoisotopic (exact) mass is 205 g/mol. The third-order valence-corrected chi connectivity index (χ3v) is 3.14. The van der Waals surface area contributed by atoms with Gasteiger partial charge in [-0.3, -0.25) is 0 Å². The van der Waals surface area contributed by atoms with Crippen LogP contribution in [0.1, 0.15) is 38.3 Å². The van der Waals surface area contributed by atoms with E-state index in [0.717, 1.165) is 17.9 Å². The van der Waals surface area contributed by atoms with E-state index in [4.69, 9.17) is 5.73 Å². The third-order valence-electron chi connectivity index (χ3n) is 3.14. The molecule has 0 aliphatic carbocycles. The van der Waals surface area contributed by atoms with Gasteiger partial charge in [-0.2, -0.15) is 0 Å². The average molecular weight is 205 g/mol. The zero-order chi connectivity index (χ0) is 10.8. The molecule has 2 rings (SSSR count). The van der Waals surface area contributed by atoms with E-state index in [1.54, 1.807) is 0 Å². The highest BCUT2D eigenvalue weighted by Crippen LogP contribution is 2.23. The topological polar surface area (TPSA) is 42.1 Å². The molecule has 2 atom stereocenters. The Hall–Kier alpha value is -1.09. The number of nitrogens with two attached hydrogens (primary N) is 1. The molecule has 1 fully saturated rings. The highest BCUT2D eigenvalue weighted by Gasteiger charge is 2.21. The van der Waals surface area contributed by atoms with Crippen molar-refractivity contribution in [2.75, 3.05) is 11.4 Å². The highest BCUT2D eigenvalue weighted by molar-refractivity contribution is 5.41. The zero-order valence-electron chi connectivity index (χ0n) is 9.48. The zero-order valence-corrected chi connectivity index (χ0v) is 9.48. The van der Waals surface area contributed by atoms with Crippen LogP contribution >= 0.6 is 0 Å². The normalized spacial score (nSPS) is 23.1. The molecule has 0 saturated carbocycles. The summed E-state index contributed by atoms with van der Waals surface area (Å²) in [6.45, 7) is 5.37. The number of hydrogen-bond acceptors (Lipinski definition) is 3. The van der Waals surface area contributed by atoms with Crippen molar-refractivity contribution in [1.29, 1.82) is 0 Å². The van der Waals surface area contributed by atoms with E-state index in [9.17, 15) is 0 Å². The molecule has 1 aromatic rings. The summed E-state index contributed by atoms with van der Waals surface area (Å²) in [4.78, 5) is 6.84. The molecule has 1 saturated heterocycles. The van der Waals surface area contributed by atoms with Crippen LogP contribution in [0.2, 0.25) is 0 Å². The summed E-state index contributed by atoms with van der Waals surface area (Å²) >= 11 is 0. The minimum Gasteiger partial charge on any atom is -0.354 e. The Morgan fingerprint density at radius 3 is 2.80 bits per heavy atom. The summed E-state index contributed by atoms with van der Waals surface area (Å²) in [5.74, 6) is 1.09. The Labute approximate surface area is 91.3 Å². The standard InChI is InChI=1S/C12H19N3/c1-9-4-3-7-15(9)12-6-5-11(8-14-12)10(2)13/h5-6,8-10H,3-4,7,13H2,1-2H3. The Morgan fingerprint density at radius 2 is 2.33 bits per heavy atom. The quantitative estimate of drug-likeness (QED) is 0.804. The van der Waals surface area contributed by atoms with Gasteiger partial charge in [-0.15, -0.1) is 0 Å². The maximum absolute atomic E-state index is 5.79. The van der Waals surface area contributed by atoms with Crippen molar-refractivity contribution >= 4 is 5.82 Å². The molecule has 1 aliphatic heterocycles. The number of rotatable bonds is 2. The van der Waals surface area contributed by atoms with Crippen LogP contribution in [0.4, 0.5) is 5.82 Å². The molecule has 1 aromatic heterocycles. The number of hydrogen-bond donors (Lipinski definition) is 1. The van der Waals surface area contributed by atoms with Crippen LogP contribution in [0.3, 0.4) is 0 Å². The van der Waals surface area contributed by atoms with Crippen molar-refractivity contribution in [3.05, 3.63) is 23.9 Å². The highest BCUT2D eigenvalue weighted by atomic mass is 15.2. The molecular weight excluding hydrogens is 186 g/mol. The lowest BCUT2D eigenvalue weighted by Gasteiger charge is -2.22. The predicted octanol–water partition coefficient (Wildman–Crippen LogP) is 2.09. The lowest BCUT2D eigenvalue weighted by molar-refractivity contribution is 0.725. The summed E-state index contributed by atoms with van der Waals surface area (Å²) in [5, 5.41) is 0. The smallest absolute Gasteiger partial charge is 0.128 e. The number of aromatic nitrogens is 1. The largest absolute Gasteiger partial charge is 0.354 e. The molecule has 3 heteroatoms. The first kappa shape index (κ1) is 10.4. The fourth-order valence-electron chi connectivity index (χ4n) is 2.11. The Balaban J connectivity index is 2.16. The molecule has 2 heterocycles. The van der Waals surface area contributed by atoms with E-state index in [-0.39, 0.29) is 6.04 Å². The van der Waals surface area contributed by atoms with Crippen molar-refractivity contribution in [2.45, 2.75) is 38.8 Å². The summed E-state index contributed by atoms with van der Waals surface area (Å²) in [7, 11) is 0. The van der Waals surface area contributed by atoms with Crippen LogP contribution in [0.25, 0.3) is 0 Å². The Bertz CT molecular complexity index is 318. The minimum absolute atomic E-state index is 0.0718. The molecule has 0 aromatic carbocycles. The maximum Gasteiger partial charge on any atom is 0.128 e. The van der Waals surface area contributed by atoms with E-state index in [2.05, 4.69) is 28.9 Å². The fraction of sp³-hybridized carbons (Fsp3) is 0.583. The lowest BCUT2D eigenvalue weighted by atomic mass is 10.1. The van der Waals surface area contributed by atoms with Gasteiger partial charge in [0.2, 0.25) is 0 Å². The van der Waals surface area contributed by atoms with E-state index < -0.39 is 0 Å². The summed E-state index contributed by atoms with van der Waals surface area (Å²) in [5.41, 5.74) is 6.89. The van der Waals surface area contributed by atoms with Gasteiger partial charge in [-0.1, -0.05) is 6.07 Å². The van der Waals surface area contributed by atoms with Crippen LogP contribution in [0.5, 0.6) is 0 Å². The molecule has 2 unspecified atom stereocenters. The van der Waals surface area contributed by atoms with E-state index in [0.29, 0.717) is 6.04 Å². The maximum atomic E-state index is 5.79. The number of anilines is 1. The molecule has 1 aliphatic rings. The Kier molecular flexibility index (Phi) is 2.91. The second-order valence-electron chi connectivity index (χ2n) is 4.42. The first-order valence-corrected chi connectivity index (χ1v) is 5.66. The van der Waals surface area contributed by atoms with Gasteiger partial charge in [0.1, 0.15) is 5.82 Å². The van der Waals surface area contributed by atoms with Crippen LogP contribution in [-0.2, 0) is 0 Å². The first-order chi connectivity index (χ1) is 7.18. The number of nitrogens with zero attached hydrogens (tertiary/aromatic N) is 2. The summed E-state index contributed by atoms with van der Waals surface area (Å²) in [6.07, 6.45) is 4.44. The first-order valence-electron chi connectivity index (χ1n) is 5.66. The molecule has 3 nitrogen and oxygen atoms in total. The van der Waals surface area contributed by atoms with Gasteiger partial charge in [-0.25, -0.2) is 4.98 Å². The third kappa shape index (κ3) is 2.12. The SMILES string of the molecule is CC(N)c1ccc(N2CCCC2C)nc1. The second-order valence-corrected chi connectivity index (χ2v) is 4.42. The molecule has 0 spiro atoms. The van der Waals surface area contributed by atoms with Crippen molar-refractivity contribution in [3.63, 3.8) is 0 Å². The lowest BCUT2D eigenvalue weighted by Crippen LogP contribution is -2.27. The van der Waals surface area contributed by atoms with Gasteiger partial charge < -0.3 is 10.6 Å². The molecule has 0 radical (unpaired) electrons. The number of pyridine rings is 1. The van der Waals surface area contributed by atoms with E-state index in [1.165, 1.54) is 12.8 Å². The molecule has 0 bridgehead atoms. The van der Waals surface area contributed by atoms with Gasteiger partial charge in [0.15, 0.2) is 0 Å². The predicted molar refractivity (Wildman–Crippen MR) is 62.9 cm³/mol. The molecule has 0 amide bonds. The van der Waals surface area contributed by atoms with Gasteiger partial charge in [0, 0.05) is 24.8 Å². The van der Waals surface area contributed by atoms with Crippen LogP contribution in [0.15, 0.2) is 18.3 Å². The van der Waals surface area contributed by atoms with Gasteiger partial charge >= 0.3 is 0 Å². The van der Waals surface area contributed by atoms with Crippen LogP contribution < -0.4 is 10.6 Å². The van der Waals surface area contributed by atoms with Crippen LogP contribution in [0, 0.1) is 0 Å². The minimum atomic E-state index is 0.0718. The second kappa shape index (κ2) is 4.19. The summed E-state index contributed by atoms with van der Waals surface area (Å²) < 4.78 is 0.